The maximum absolute atomic E-state index is 12.2. The maximum atomic E-state index is 12.2. The molecule has 0 atom stereocenters. The van der Waals surface area contributed by atoms with Gasteiger partial charge in [-0.15, -0.1) is 4.83 Å². The zero-order chi connectivity index (χ0) is 14.4. The Bertz CT molecular complexity index is 595. The lowest BCUT2D eigenvalue weighted by Gasteiger charge is -2.26. The second-order valence-corrected chi connectivity index (χ2v) is 5.84. The highest BCUT2D eigenvalue weighted by Gasteiger charge is 2.19. The van der Waals surface area contributed by atoms with Gasteiger partial charge < -0.3 is 9.84 Å². The van der Waals surface area contributed by atoms with Gasteiger partial charge in [0.05, 0.1) is 18.1 Å². The third kappa shape index (κ3) is 4.03. The highest BCUT2D eigenvalue weighted by Crippen LogP contribution is 2.11. The van der Waals surface area contributed by atoms with Crippen molar-refractivity contribution in [3.63, 3.8) is 0 Å². The van der Waals surface area contributed by atoms with E-state index in [1.165, 1.54) is 12.1 Å². The van der Waals surface area contributed by atoms with Crippen LogP contribution in [-0.2, 0) is 14.8 Å². The van der Waals surface area contributed by atoms with E-state index in [4.69, 9.17) is 9.84 Å². The van der Waals surface area contributed by atoms with Crippen molar-refractivity contribution >= 4 is 10.0 Å². The minimum atomic E-state index is -3.57. The number of hydrogen-bond donors (Lipinski definition) is 2. The smallest absolute Gasteiger partial charge is 0.253 e. The molecule has 1 saturated heterocycles. The van der Waals surface area contributed by atoms with Crippen LogP contribution in [0.5, 0.6) is 0 Å². The molecule has 0 unspecified atom stereocenters. The van der Waals surface area contributed by atoms with Crippen LogP contribution in [0.4, 0.5) is 0 Å². The maximum Gasteiger partial charge on any atom is 0.253 e. The molecule has 6 nitrogen and oxygen atoms in total. The summed E-state index contributed by atoms with van der Waals surface area (Å²) in [6, 6.07) is 6.20. The molecule has 7 heteroatoms. The average Bonchev–Trinajstić information content (AvgIpc) is 2.46. The predicted molar refractivity (Wildman–Crippen MR) is 73.1 cm³/mol. The molecule has 1 fully saturated rings. The second-order valence-electron chi connectivity index (χ2n) is 4.18. The van der Waals surface area contributed by atoms with Crippen molar-refractivity contribution in [2.45, 2.75) is 4.90 Å². The number of benzene rings is 1. The number of hydrogen-bond acceptors (Lipinski definition) is 5. The van der Waals surface area contributed by atoms with Gasteiger partial charge in [-0.1, -0.05) is 11.8 Å². The number of aliphatic hydroxyl groups is 1. The van der Waals surface area contributed by atoms with Crippen LogP contribution in [0.1, 0.15) is 5.56 Å². The van der Waals surface area contributed by atoms with Gasteiger partial charge in [0.15, 0.2) is 0 Å². The summed E-state index contributed by atoms with van der Waals surface area (Å²) in [4.78, 5) is 2.70. The monoisotopic (exact) mass is 296 g/mol. The van der Waals surface area contributed by atoms with Crippen LogP contribution in [0.2, 0.25) is 0 Å². The van der Waals surface area contributed by atoms with Gasteiger partial charge in [-0.25, -0.2) is 13.4 Å². The van der Waals surface area contributed by atoms with E-state index >= 15 is 0 Å². The summed E-state index contributed by atoms with van der Waals surface area (Å²) in [6.07, 6.45) is 0. The molecule has 1 aliphatic heterocycles. The Morgan fingerprint density at radius 2 is 1.90 bits per heavy atom. The van der Waals surface area contributed by atoms with Crippen LogP contribution in [-0.4, -0.2) is 51.4 Å². The van der Waals surface area contributed by atoms with Gasteiger partial charge in [0.25, 0.3) is 10.0 Å². The molecule has 0 aromatic heterocycles. The van der Waals surface area contributed by atoms with Gasteiger partial charge >= 0.3 is 0 Å². The van der Waals surface area contributed by atoms with Crippen molar-refractivity contribution in [2.24, 2.45) is 0 Å². The van der Waals surface area contributed by atoms with Gasteiger partial charge in [0.2, 0.25) is 0 Å². The lowest BCUT2D eigenvalue weighted by molar-refractivity contribution is 0.0272. The van der Waals surface area contributed by atoms with Crippen molar-refractivity contribution in [2.75, 3.05) is 32.9 Å². The molecule has 2 rings (SSSR count). The normalized spacial score (nSPS) is 16.4. The number of ether oxygens (including phenoxy) is 1. The van der Waals surface area contributed by atoms with Crippen LogP contribution in [0.15, 0.2) is 29.2 Å². The third-order valence-corrected chi connectivity index (χ3v) is 4.13. The molecule has 0 amide bonds. The summed E-state index contributed by atoms with van der Waals surface area (Å²) in [6.45, 7) is 1.85. The molecule has 1 aliphatic rings. The minimum Gasteiger partial charge on any atom is -0.384 e. The Morgan fingerprint density at radius 3 is 2.50 bits per heavy atom. The molecule has 0 aliphatic carbocycles. The summed E-state index contributed by atoms with van der Waals surface area (Å²) in [5.41, 5.74) is 0.657. The first kappa shape index (κ1) is 15.0. The van der Waals surface area contributed by atoms with E-state index in [0.717, 1.165) is 0 Å². The topological polar surface area (TPSA) is 78.9 Å². The lowest BCUT2D eigenvalue weighted by Crippen LogP contribution is -2.48. The molecule has 108 valence electrons. The molecule has 1 heterocycles. The van der Waals surface area contributed by atoms with Crippen molar-refractivity contribution in [3.05, 3.63) is 29.8 Å². The van der Waals surface area contributed by atoms with Crippen LogP contribution >= 0.6 is 0 Å². The largest absolute Gasteiger partial charge is 0.384 e. The summed E-state index contributed by atoms with van der Waals surface area (Å²) in [7, 11) is -3.57. The van der Waals surface area contributed by atoms with Crippen molar-refractivity contribution < 1.29 is 18.3 Å². The Morgan fingerprint density at radius 1 is 1.25 bits per heavy atom. The van der Waals surface area contributed by atoms with Crippen LogP contribution < -0.4 is 4.83 Å². The van der Waals surface area contributed by atoms with E-state index < -0.39 is 10.0 Å². The molecule has 0 spiro atoms. The lowest BCUT2D eigenvalue weighted by atomic mass is 10.2. The van der Waals surface area contributed by atoms with E-state index in [1.807, 2.05) is 0 Å². The first-order valence-electron chi connectivity index (χ1n) is 6.17. The predicted octanol–water partition coefficient (Wildman–Crippen LogP) is -0.444. The van der Waals surface area contributed by atoms with E-state index in [1.54, 1.807) is 17.1 Å². The van der Waals surface area contributed by atoms with Crippen LogP contribution in [0, 0.1) is 11.8 Å². The first-order valence-corrected chi connectivity index (χ1v) is 7.65. The molecule has 0 saturated carbocycles. The molecule has 20 heavy (non-hydrogen) atoms. The Kier molecular flexibility index (Phi) is 5.11. The standard InChI is InChI=1S/C13H16N2O4S/c16-9-1-2-12-3-5-13(6-4-12)20(17,18)14-15-7-10-19-11-8-15/h3-6,14,16H,7-11H2. The fourth-order valence-electron chi connectivity index (χ4n) is 1.74. The minimum absolute atomic E-state index is 0.179. The Labute approximate surface area is 118 Å². The van der Waals surface area contributed by atoms with Crippen molar-refractivity contribution in [1.82, 2.24) is 9.84 Å². The highest BCUT2D eigenvalue weighted by molar-refractivity contribution is 7.89. The number of hydrazine groups is 1. The first-order chi connectivity index (χ1) is 9.62. The second kappa shape index (κ2) is 6.83. The number of aliphatic hydroxyl groups excluding tert-OH is 1. The highest BCUT2D eigenvalue weighted by atomic mass is 32.2. The SMILES string of the molecule is O=S(=O)(NN1CCOCC1)c1ccc(C#CCO)cc1. The molecular weight excluding hydrogens is 280 g/mol. The third-order valence-electron chi connectivity index (χ3n) is 2.74. The summed E-state index contributed by atoms with van der Waals surface area (Å²) < 4.78 is 29.5. The van der Waals surface area contributed by atoms with Gasteiger partial charge in [-0.05, 0) is 24.3 Å². The van der Waals surface area contributed by atoms with Gasteiger partial charge in [0, 0.05) is 18.7 Å². The van der Waals surface area contributed by atoms with Crippen molar-refractivity contribution in [1.29, 1.82) is 0 Å². The quantitative estimate of drug-likeness (QED) is 0.739. The number of rotatable bonds is 3. The van der Waals surface area contributed by atoms with Gasteiger partial charge in [0.1, 0.15) is 6.61 Å². The number of nitrogens with zero attached hydrogens (tertiary/aromatic N) is 1. The molecule has 0 radical (unpaired) electrons. The van der Waals surface area contributed by atoms with Gasteiger partial charge in [-0.3, -0.25) is 0 Å². The van der Waals surface area contributed by atoms with Crippen LogP contribution in [0.25, 0.3) is 0 Å². The summed E-state index contributed by atoms with van der Waals surface area (Å²) in [5, 5.41) is 10.2. The number of sulfonamides is 1. The summed E-state index contributed by atoms with van der Waals surface area (Å²) >= 11 is 0. The number of nitrogens with one attached hydrogen (secondary N) is 1. The number of morpholine rings is 1. The average molecular weight is 296 g/mol. The fourth-order valence-corrected chi connectivity index (χ4v) is 2.86. The van der Waals surface area contributed by atoms with E-state index in [0.29, 0.717) is 31.9 Å². The molecule has 0 bridgehead atoms. The zero-order valence-corrected chi connectivity index (χ0v) is 11.7. The van der Waals surface area contributed by atoms with Crippen LogP contribution in [0.3, 0.4) is 0 Å². The van der Waals surface area contributed by atoms with E-state index in [-0.39, 0.29) is 11.5 Å². The molecule has 2 N–H and O–H groups in total. The Hall–Kier alpha value is -1.43. The molecule has 1 aromatic carbocycles. The van der Waals surface area contributed by atoms with E-state index in [2.05, 4.69) is 16.7 Å². The Balaban J connectivity index is 2.08. The molecular formula is C13H16N2O4S. The zero-order valence-electron chi connectivity index (χ0n) is 10.9. The van der Waals surface area contributed by atoms with Gasteiger partial charge in [-0.2, -0.15) is 0 Å². The van der Waals surface area contributed by atoms with E-state index in [9.17, 15) is 8.42 Å². The summed E-state index contributed by atoms with van der Waals surface area (Å²) in [5.74, 6) is 5.22. The van der Waals surface area contributed by atoms with Crippen molar-refractivity contribution in [3.8, 4) is 11.8 Å². The fraction of sp³-hybridized carbons (Fsp3) is 0.385. The molecule has 1 aromatic rings.